The van der Waals surface area contributed by atoms with Crippen LogP contribution in [0.5, 0.6) is 5.75 Å². The number of ether oxygens (including phenoxy) is 1. The van der Waals surface area contributed by atoms with Crippen LogP contribution in [0, 0.1) is 0 Å². The number of carbonyl (C=O) groups is 1. The summed E-state index contributed by atoms with van der Waals surface area (Å²) in [5.74, 6) is 0.770. The Balaban J connectivity index is 1.83. The highest BCUT2D eigenvalue weighted by atomic mass is 16.5. The van der Waals surface area contributed by atoms with E-state index in [1.165, 1.54) is 5.56 Å². The van der Waals surface area contributed by atoms with Gasteiger partial charge in [0.15, 0.2) is 0 Å². The maximum atomic E-state index is 12.1. The summed E-state index contributed by atoms with van der Waals surface area (Å²) in [7, 11) is 0. The first kappa shape index (κ1) is 18.0. The molecule has 2 rings (SSSR count). The van der Waals surface area contributed by atoms with Gasteiger partial charge in [0.2, 0.25) is 5.91 Å². The zero-order valence-electron chi connectivity index (χ0n) is 14.5. The predicted molar refractivity (Wildman–Crippen MR) is 98.5 cm³/mol. The van der Waals surface area contributed by atoms with E-state index in [2.05, 4.69) is 36.2 Å². The molecule has 0 aliphatic rings. The van der Waals surface area contributed by atoms with E-state index in [4.69, 9.17) is 4.74 Å². The molecule has 0 aliphatic heterocycles. The van der Waals surface area contributed by atoms with E-state index in [0.717, 1.165) is 30.9 Å². The Morgan fingerprint density at radius 3 is 2.50 bits per heavy atom. The monoisotopic (exact) mass is 326 g/mol. The van der Waals surface area contributed by atoms with Crippen LogP contribution in [0.2, 0.25) is 0 Å². The first-order valence-electron chi connectivity index (χ1n) is 8.50. The summed E-state index contributed by atoms with van der Waals surface area (Å²) in [6.45, 7) is 6.86. The third-order valence-electron chi connectivity index (χ3n) is 3.88. The molecule has 128 valence electrons. The average molecular weight is 326 g/mol. The number of benzene rings is 2. The first-order chi connectivity index (χ1) is 11.7. The number of hydrogen-bond donors (Lipinski definition) is 1. The van der Waals surface area contributed by atoms with E-state index in [1.54, 1.807) is 0 Å². The van der Waals surface area contributed by atoms with E-state index in [9.17, 15) is 4.79 Å². The standard InChI is InChI=1S/C20H26N2O2/c1-3-22(4-2)16-20(23)21-18-11-8-12-19(15-18)24-14-13-17-9-6-5-7-10-17/h5-12,15H,3-4,13-14,16H2,1-2H3,(H,21,23). The van der Waals surface area contributed by atoms with E-state index in [0.29, 0.717) is 13.2 Å². The topological polar surface area (TPSA) is 41.6 Å². The first-order valence-corrected chi connectivity index (χ1v) is 8.50. The molecule has 1 amide bonds. The van der Waals surface area contributed by atoms with Gasteiger partial charge in [0, 0.05) is 18.2 Å². The smallest absolute Gasteiger partial charge is 0.238 e. The van der Waals surface area contributed by atoms with Crippen molar-refractivity contribution in [1.82, 2.24) is 4.90 Å². The molecule has 0 aromatic heterocycles. The number of nitrogens with zero attached hydrogens (tertiary/aromatic N) is 1. The molecule has 0 fully saturated rings. The van der Waals surface area contributed by atoms with E-state index < -0.39 is 0 Å². The summed E-state index contributed by atoms with van der Waals surface area (Å²) in [5.41, 5.74) is 2.02. The number of likely N-dealkylation sites (N-methyl/N-ethyl adjacent to an activating group) is 1. The van der Waals surface area contributed by atoms with E-state index >= 15 is 0 Å². The third-order valence-corrected chi connectivity index (χ3v) is 3.88. The summed E-state index contributed by atoms with van der Waals surface area (Å²) in [5, 5.41) is 2.93. The van der Waals surface area contributed by atoms with E-state index in [1.807, 2.05) is 42.5 Å². The van der Waals surface area contributed by atoms with Crippen molar-refractivity contribution in [3.63, 3.8) is 0 Å². The molecule has 0 atom stereocenters. The van der Waals surface area contributed by atoms with Crippen LogP contribution >= 0.6 is 0 Å². The summed E-state index contributed by atoms with van der Waals surface area (Å²) in [6.07, 6.45) is 0.861. The van der Waals surface area contributed by atoms with Gasteiger partial charge < -0.3 is 10.1 Å². The number of nitrogens with one attached hydrogen (secondary N) is 1. The van der Waals surface area contributed by atoms with Crippen molar-refractivity contribution in [2.24, 2.45) is 0 Å². The molecule has 0 radical (unpaired) electrons. The van der Waals surface area contributed by atoms with Crippen LogP contribution in [-0.4, -0.2) is 37.0 Å². The molecular formula is C20H26N2O2. The fourth-order valence-corrected chi connectivity index (χ4v) is 2.45. The van der Waals surface area contributed by atoms with Crippen LogP contribution < -0.4 is 10.1 Å². The Bertz CT molecular complexity index is 625. The van der Waals surface area contributed by atoms with Crippen molar-refractivity contribution in [2.45, 2.75) is 20.3 Å². The van der Waals surface area contributed by atoms with Gasteiger partial charge in [-0.2, -0.15) is 0 Å². The second-order valence-corrected chi connectivity index (χ2v) is 5.62. The van der Waals surface area contributed by atoms with Crippen molar-refractivity contribution in [3.05, 3.63) is 60.2 Å². The highest BCUT2D eigenvalue weighted by Crippen LogP contribution is 2.17. The minimum atomic E-state index is 0.000126. The molecule has 0 saturated heterocycles. The number of hydrogen-bond acceptors (Lipinski definition) is 3. The summed E-state index contributed by atoms with van der Waals surface area (Å²) in [4.78, 5) is 14.1. The van der Waals surface area contributed by atoms with E-state index in [-0.39, 0.29) is 5.91 Å². The Kier molecular flexibility index (Phi) is 7.30. The summed E-state index contributed by atoms with van der Waals surface area (Å²) < 4.78 is 5.79. The van der Waals surface area contributed by atoms with Crippen molar-refractivity contribution >= 4 is 11.6 Å². The van der Waals surface area contributed by atoms with Gasteiger partial charge in [0.1, 0.15) is 5.75 Å². The molecule has 0 unspecified atom stereocenters. The number of anilines is 1. The number of amides is 1. The van der Waals surface area contributed by atoms with Gasteiger partial charge in [-0.15, -0.1) is 0 Å². The van der Waals surface area contributed by atoms with Crippen LogP contribution in [0.4, 0.5) is 5.69 Å². The lowest BCUT2D eigenvalue weighted by Crippen LogP contribution is -2.32. The molecule has 2 aromatic rings. The van der Waals surface area contributed by atoms with Gasteiger partial charge in [-0.25, -0.2) is 0 Å². The molecule has 0 bridgehead atoms. The van der Waals surface area contributed by atoms with Crippen LogP contribution in [0.1, 0.15) is 19.4 Å². The molecule has 24 heavy (non-hydrogen) atoms. The van der Waals surface area contributed by atoms with Crippen LogP contribution in [-0.2, 0) is 11.2 Å². The Morgan fingerprint density at radius 1 is 1.04 bits per heavy atom. The molecule has 2 aromatic carbocycles. The van der Waals surface area contributed by atoms with Crippen LogP contribution in [0.3, 0.4) is 0 Å². The molecule has 0 spiro atoms. The quantitative estimate of drug-likeness (QED) is 0.766. The Hall–Kier alpha value is -2.33. The fourth-order valence-electron chi connectivity index (χ4n) is 2.45. The van der Waals surface area contributed by atoms with Crippen molar-refractivity contribution in [2.75, 3.05) is 31.6 Å². The van der Waals surface area contributed by atoms with Gasteiger partial charge in [-0.3, -0.25) is 9.69 Å². The minimum Gasteiger partial charge on any atom is -0.493 e. The fraction of sp³-hybridized carbons (Fsp3) is 0.350. The molecule has 0 saturated carbocycles. The Labute approximate surface area is 144 Å². The lowest BCUT2D eigenvalue weighted by atomic mass is 10.2. The zero-order chi connectivity index (χ0) is 17.2. The third kappa shape index (κ3) is 6.05. The summed E-state index contributed by atoms with van der Waals surface area (Å²) >= 11 is 0. The normalized spacial score (nSPS) is 10.6. The van der Waals surface area contributed by atoms with Gasteiger partial charge in [0.05, 0.1) is 13.2 Å². The van der Waals surface area contributed by atoms with Crippen LogP contribution in [0.15, 0.2) is 54.6 Å². The van der Waals surface area contributed by atoms with Crippen molar-refractivity contribution in [1.29, 1.82) is 0 Å². The largest absolute Gasteiger partial charge is 0.493 e. The SMILES string of the molecule is CCN(CC)CC(=O)Nc1cccc(OCCc2ccccc2)c1. The van der Waals surface area contributed by atoms with Gasteiger partial charge in [-0.05, 0) is 30.8 Å². The second-order valence-electron chi connectivity index (χ2n) is 5.62. The van der Waals surface area contributed by atoms with Crippen molar-refractivity contribution in [3.8, 4) is 5.75 Å². The zero-order valence-corrected chi connectivity index (χ0v) is 14.5. The highest BCUT2D eigenvalue weighted by molar-refractivity contribution is 5.92. The van der Waals surface area contributed by atoms with Gasteiger partial charge >= 0.3 is 0 Å². The molecule has 4 nitrogen and oxygen atoms in total. The molecule has 1 N–H and O–H groups in total. The lowest BCUT2D eigenvalue weighted by molar-refractivity contribution is -0.117. The maximum Gasteiger partial charge on any atom is 0.238 e. The summed E-state index contributed by atoms with van der Waals surface area (Å²) in [6, 6.07) is 17.8. The average Bonchev–Trinajstić information content (AvgIpc) is 2.61. The molecule has 4 heteroatoms. The predicted octanol–water partition coefficient (Wildman–Crippen LogP) is 3.59. The lowest BCUT2D eigenvalue weighted by Gasteiger charge is -2.17. The molecule has 0 aliphatic carbocycles. The highest BCUT2D eigenvalue weighted by Gasteiger charge is 2.08. The molecular weight excluding hydrogens is 300 g/mol. The van der Waals surface area contributed by atoms with Gasteiger partial charge in [0.25, 0.3) is 0 Å². The van der Waals surface area contributed by atoms with Crippen LogP contribution in [0.25, 0.3) is 0 Å². The maximum absolute atomic E-state index is 12.1. The van der Waals surface area contributed by atoms with Gasteiger partial charge in [-0.1, -0.05) is 50.2 Å². The number of rotatable bonds is 9. The molecule has 0 heterocycles. The Morgan fingerprint density at radius 2 is 1.79 bits per heavy atom. The second kappa shape index (κ2) is 9.73. The minimum absolute atomic E-state index is 0.000126. The number of carbonyl (C=O) groups excluding carboxylic acids is 1. The van der Waals surface area contributed by atoms with Crippen molar-refractivity contribution < 1.29 is 9.53 Å².